The van der Waals surface area contributed by atoms with E-state index in [1.807, 2.05) is 0 Å². The Balaban J connectivity index is 2.89. The summed E-state index contributed by atoms with van der Waals surface area (Å²) >= 11 is 0. The molecule has 1 rings (SSSR count). The van der Waals surface area contributed by atoms with E-state index in [1.165, 1.54) is 20.2 Å². The number of carbonyl (C=O) groups excluding carboxylic acids is 2. The molecular formula is C10H14N2O3. The minimum Gasteiger partial charge on any atom is -0.465 e. The van der Waals surface area contributed by atoms with Crippen LogP contribution < -0.4 is 0 Å². The lowest BCUT2D eigenvalue weighted by molar-refractivity contribution is -0.117. The standard InChI is InChI=1S/C10H14N2O3/c1-7(13)4-5-9-8(10(14)15-3)6-11-12(9)2/h6H,4-5H2,1-3H3. The van der Waals surface area contributed by atoms with Gasteiger partial charge in [0.15, 0.2) is 0 Å². The van der Waals surface area contributed by atoms with Gasteiger partial charge >= 0.3 is 5.97 Å². The van der Waals surface area contributed by atoms with Gasteiger partial charge in [-0.05, 0) is 13.3 Å². The summed E-state index contributed by atoms with van der Waals surface area (Å²) in [4.78, 5) is 22.2. The second-order valence-corrected chi connectivity index (χ2v) is 3.32. The van der Waals surface area contributed by atoms with E-state index in [-0.39, 0.29) is 5.78 Å². The van der Waals surface area contributed by atoms with E-state index in [2.05, 4.69) is 9.84 Å². The minimum absolute atomic E-state index is 0.0898. The lowest BCUT2D eigenvalue weighted by Gasteiger charge is -2.03. The molecule has 0 N–H and O–H groups in total. The number of aryl methyl sites for hydroxylation is 1. The molecule has 0 aliphatic rings. The van der Waals surface area contributed by atoms with E-state index in [1.54, 1.807) is 11.7 Å². The van der Waals surface area contributed by atoms with Crippen LogP contribution in [0.25, 0.3) is 0 Å². The number of hydrogen-bond acceptors (Lipinski definition) is 4. The fourth-order valence-electron chi connectivity index (χ4n) is 1.33. The Hall–Kier alpha value is -1.65. The van der Waals surface area contributed by atoms with Gasteiger partial charge in [-0.2, -0.15) is 5.10 Å². The molecule has 1 heterocycles. The zero-order valence-electron chi connectivity index (χ0n) is 9.11. The molecule has 0 saturated heterocycles. The molecule has 0 fully saturated rings. The predicted molar refractivity (Wildman–Crippen MR) is 53.5 cm³/mol. The number of carbonyl (C=O) groups is 2. The number of ether oxygens (including phenoxy) is 1. The SMILES string of the molecule is COC(=O)c1cnn(C)c1CCC(C)=O. The first-order chi connectivity index (χ1) is 7.06. The molecule has 0 aliphatic heterocycles. The highest BCUT2D eigenvalue weighted by molar-refractivity contribution is 5.90. The molecule has 0 amide bonds. The van der Waals surface area contributed by atoms with E-state index in [4.69, 9.17) is 0 Å². The lowest BCUT2D eigenvalue weighted by atomic mass is 10.1. The van der Waals surface area contributed by atoms with E-state index in [0.717, 1.165) is 5.69 Å². The second kappa shape index (κ2) is 4.72. The molecule has 5 nitrogen and oxygen atoms in total. The molecule has 15 heavy (non-hydrogen) atoms. The van der Waals surface area contributed by atoms with Crippen LogP contribution >= 0.6 is 0 Å². The number of esters is 1. The van der Waals surface area contributed by atoms with Gasteiger partial charge in [0.1, 0.15) is 11.3 Å². The van der Waals surface area contributed by atoms with Crippen molar-refractivity contribution in [3.05, 3.63) is 17.5 Å². The van der Waals surface area contributed by atoms with Crippen LogP contribution in [0, 0.1) is 0 Å². The van der Waals surface area contributed by atoms with E-state index < -0.39 is 5.97 Å². The van der Waals surface area contributed by atoms with E-state index in [0.29, 0.717) is 18.4 Å². The second-order valence-electron chi connectivity index (χ2n) is 3.32. The highest BCUT2D eigenvalue weighted by atomic mass is 16.5. The first-order valence-corrected chi connectivity index (χ1v) is 4.65. The van der Waals surface area contributed by atoms with Crippen molar-refractivity contribution in [2.75, 3.05) is 7.11 Å². The third kappa shape index (κ3) is 2.65. The fourth-order valence-corrected chi connectivity index (χ4v) is 1.33. The summed E-state index contributed by atoms with van der Waals surface area (Å²) in [6, 6.07) is 0. The summed E-state index contributed by atoms with van der Waals surface area (Å²) < 4.78 is 6.21. The maximum Gasteiger partial charge on any atom is 0.341 e. The average Bonchev–Trinajstić information content (AvgIpc) is 2.55. The number of nitrogens with zero attached hydrogens (tertiary/aromatic N) is 2. The molecule has 0 unspecified atom stereocenters. The summed E-state index contributed by atoms with van der Waals surface area (Å²) in [7, 11) is 3.06. The first-order valence-electron chi connectivity index (χ1n) is 4.65. The maximum atomic E-state index is 11.3. The fraction of sp³-hybridized carbons (Fsp3) is 0.500. The highest BCUT2D eigenvalue weighted by Gasteiger charge is 2.16. The number of ketones is 1. The zero-order chi connectivity index (χ0) is 11.4. The van der Waals surface area contributed by atoms with Crippen molar-refractivity contribution in [1.82, 2.24) is 9.78 Å². The molecule has 1 aromatic heterocycles. The predicted octanol–water partition coefficient (Wildman–Crippen LogP) is 0.728. The smallest absolute Gasteiger partial charge is 0.341 e. The number of aromatic nitrogens is 2. The number of hydrogen-bond donors (Lipinski definition) is 0. The van der Waals surface area contributed by atoms with Crippen LogP contribution in [-0.4, -0.2) is 28.6 Å². The van der Waals surface area contributed by atoms with Gasteiger partial charge in [0, 0.05) is 13.5 Å². The van der Waals surface area contributed by atoms with Gasteiger partial charge in [0.25, 0.3) is 0 Å². The Labute approximate surface area is 88.0 Å². The summed E-state index contributed by atoms with van der Waals surface area (Å²) in [5.41, 5.74) is 1.17. The van der Waals surface area contributed by atoms with Gasteiger partial charge in [-0.3, -0.25) is 4.68 Å². The van der Waals surface area contributed by atoms with Crippen molar-refractivity contribution >= 4 is 11.8 Å². The van der Waals surface area contributed by atoms with Crippen molar-refractivity contribution in [2.45, 2.75) is 19.8 Å². The van der Waals surface area contributed by atoms with Gasteiger partial charge in [0.05, 0.1) is 19.0 Å². The van der Waals surface area contributed by atoms with Crippen molar-refractivity contribution in [3.63, 3.8) is 0 Å². The van der Waals surface area contributed by atoms with Crippen LogP contribution in [0.5, 0.6) is 0 Å². The molecule has 0 saturated carbocycles. The third-order valence-corrected chi connectivity index (χ3v) is 2.18. The molecule has 0 atom stereocenters. The summed E-state index contributed by atoms with van der Waals surface area (Å²) in [6.07, 6.45) is 2.38. The molecule has 0 spiro atoms. The molecule has 0 aromatic carbocycles. The number of methoxy groups -OCH3 is 1. The average molecular weight is 210 g/mol. The molecule has 0 bridgehead atoms. The Morgan fingerprint density at radius 2 is 2.20 bits per heavy atom. The van der Waals surface area contributed by atoms with Crippen molar-refractivity contribution in [1.29, 1.82) is 0 Å². The normalized spacial score (nSPS) is 10.1. The Morgan fingerprint density at radius 1 is 1.53 bits per heavy atom. The topological polar surface area (TPSA) is 61.2 Å². The van der Waals surface area contributed by atoms with Gasteiger partial charge < -0.3 is 9.53 Å². The van der Waals surface area contributed by atoms with Crippen molar-refractivity contribution in [2.24, 2.45) is 7.05 Å². The lowest BCUT2D eigenvalue weighted by Crippen LogP contribution is -2.08. The molecule has 82 valence electrons. The van der Waals surface area contributed by atoms with Crippen LogP contribution in [0.3, 0.4) is 0 Å². The Bertz CT molecular complexity index is 382. The highest BCUT2D eigenvalue weighted by Crippen LogP contribution is 2.11. The van der Waals surface area contributed by atoms with Crippen molar-refractivity contribution in [3.8, 4) is 0 Å². The van der Waals surface area contributed by atoms with Gasteiger partial charge in [-0.1, -0.05) is 0 Å². The number of rotatable bonds is 4. The monoisotopic (exact) mass is 210 g/mol. The maximum absolute atomic E-state index is 11.3. The van der Waals surface area contributed by atoms with Crippen LogP contribution in [-0.2, 0) is 23.0 Å². The quantitative estimate of drug-likeness (QED) is 0.687. The van der Waals surface area contributed by atoms with Gasteiger partial charge in [-0.15, -0.1) is 0 Å². The third-order valence-electron chi connectivity index (χ3n) is 2.18. The summed E-state index contributed by atoms with van der Waals surface area (Å²) in [5, 5.41) is 3.97. The Kier molecular flexibility index (Phi) is 3.60. The first kappa shape index (κ1) is 11.4. The molecule has 1 aromatic rings. The Morgan fingerprint density at radius 3 is 2.73 bits per heavy atom. The van der Waals surface area contributed by atoms with Gasteiger partial charge in [-0.25, -0.2) is 4.79 Å². The van der Waals surface area contributed by atoms with E-state index in [9.17, 15) is 9.59 Å². The van der Waals surface area contributed by atoms with Crippen LogP contribution in [0.15, 0.2) is 6.20 Å². The van der Waals surface area contributed by atoms with Crippen molar-refractivity contribution < 1.29 is 14.3 Å². The van der Waals surface area contributed by atoms with Crippen LogP contribution in [0.2, 0.25) is 0 Å². The minimum atomic E-state index is -0.415. The molecule has 0 radical (unpaired) electrons. The summed E-state index contributed by atoms with van der Waals surface area (Å²) in [6.45, 7) is 1.52. The van der Waals surface area contributed by atoms with Gasteiger partial charge in [0.2, 0.25) is 0 Å². The van der Waals surface area contributed by atoms with E-state index >= 15 is 0 Å². The largest absolute Gasteiger partial charge is 0.465 e. The molecule has 0 aliphatic carbocycles. The molecular weight excluding hydrogens is 196 g/mol. The number of Topliss-reactive ketones (excluding diaryl/α,β-unsaturated/α-hetero) is 1. The van der Waals surface area contributed by atoms with Crippen LogP contribution in [0.4, 0.5) is 0 Å². The molecule has 5 heteroatoms. The zero-order valence-corrected chi connectivity index (χ0v) is 9.11. The van der Waals surface area contributed by atoms with Crippen LogP contribution in [0.1, 0.15) is 29.4 Å². The summed E-state index contributed by atoms with van der Waals surface area (Å²) in [5.74, 6) is -0.325.